The first kappa shape index (κ1) is 68.5. The van der Waals surface area contributed by atoms with Gasteiger partial charge in [0.15, 0.2) is 6.10 Å². The van der Waals surface area contributed by atoms with Crippen LogP contribution in [0.5, 0.6) is 0 Å². The number of hydrogen-bond acceptors (Lipinski definition) is 9. The lowest BCUT2D eigenvalue weighted by molar-refractivity contribution is -0.870. The number of ether oxygens (including phenoxy) is 3. The number of phosphoric acid groups is 1. The van der Waals surface area contributed by atoms with Gasteiger partial charge in [-0.2, -0.15) is 0 Å². The number of hydrogen-bond donors (Lipinski definition) is 1. The highest BCUT2D eigenvalue weighted by atomic mass is 31.2. The van der Waals surface area contributed by atoms with Gasteiger partial charge in [-0.3, -0.25) is 23.4 Å². The maximum atomic E-state index is 13.0. The molecule has 416 valence electrons. The number of unbranched alkanes of at least 4 members (excludes halogenated alkanes) is 34. The number of rotatable bonds is 55. The molecule has 0 fully saturated rings. The quantitative estimate of drug-likeness (QED) is 0.0206. The summed E-state index contributed by atoms with van der Waals surface area (Å²) in [5.41, 5.74) is 0. The average molecular weight is 1020 g/mol. The molecule has 0 heterocycles. The van der Waals surface area contributed by atoms with Gasteiger partial charge in [-0.25, -0.2) is 4.57 Å². The first-order valence-electron chi connectivity index (χ1n) is 29.8. The van der Waals surface area contributed by atoms with Crippen molar-refractivity contribution in [2.75, 3.05) is 47.5 Å². The first-order chi connectivity index (χ1) is 33.8. The molecule has 11 nitrogen and oxygen atoms in total. The molecule has 0 radical (unpaired) electrons. The van der Waals surface area contributed by atoms with Crippen LogP contribution in [0.15, 0.2) is 0 Å². The van der Waals surface area contributed by atoms with Crippen LogP contribution < -0.4 is 0 Å². The summed E-state index contributed by atoms with van der Waals surface area (Å²) in [7, 11) is 1.42. The van der Waals surface area contributed by atoms with E-state index in [1.807, 2.05) is 21.1 Å². The number of carbonyl (C=O) groups is 3. The fourth-order valence-corrected chi connectivity index (χ4v) is 9.59. The van der Waals surface area contributed by atoms with E-state index in [1.54, 1.807) is 0 Å². The minimum absolute atomic E-state index is 0.0143. The van der Waals surface area contributed by atoms with Gasteiger partial charge in [-0.1, -0.05) is 233 Å². The summed E-state index contributed by atoms with van der Waals surface area (Å²) in [5.74, 6) is -0.897. The molecule has 3 atom stereocenters. The number of esters is 3. The Balaban J connectivity index is 4.74. The summed E-state index contributed by atoms with van der Waals surface area (Å²) in [6, 6.07) is 0. The summed E-state index contributed by atoms with van der Waals surface area (Å²) in [6.07, 6.45) is 47.3. The number of likely N-dealkylation sites (N-methyl/N-ethyl adjacent to an activating group) is 1. The van der Waals surface area contributed by atoms with E-state index in [0.717, 1.165) is 77.0 Å². The largest absolute Gasteiger partial charge is 0.472 e. The van der Waals surface area contributed by atoms with Crippen LogP contribution in [0.25, 0.3) is 0 Å². The second-order valence-electron chi connectivity index (χ2n) is 21.7. The molecule has 0 aliphatic heterocycles. The maximum Gasteiger partial charge on any atom is 0.472 e. The van der Waals surface area contributed by atoms with Gasteiger partial charge < -0.3 is 23.6 Å². The molecule has 0 aliphatic rings. The van der Waals surface area contributed by atoms with Crippen LogP contribution in [0, 0.1) is 0 Å². The van der Waals surface area contributed by atoms with Crippen molar-refractivity contribution in [3.63, 3.8) is 0 Å². The van der Waals surface area contributed by atoms with E-state index in [1.165, 1.54) is 173 Å². The topological polar surface area (TPSA) is 135 Å². The molecule has 0 rings (SSSR count). The fraction of sp³-hybridized carbons (Fsp3) is 0.948. The molecule has 0 spiro atoms. The Morgan fingerprint density at radius 2 is 0.700 bits per heavy atom. The van der Waals surface area contributed by atoms with Crippen molar-refractivity contribution in [1.82, 2.24) is 0 Å². The highest BCUT2D eigenvalue weighted by molar-refractivity contribution is 7.47. The molecule has 0 aromatic heterocycles. The van der Waals surface area contributed by atoms with Crippen LogP contribution in [-0.4, -0.2) is 87.0 Å². The van der Waals surface area contributed by atoms with Crippen LogP contribution in [0.3, 0.4) is 0 Å². The van der Waals surface area contributed by atoms with Crippen LogP contribution in [-0.2, 0) is 42.2 Å². The summed E-state index contributed by atoms with van der Waals surface area (Å²) in [4.78, 5) is 48.8. The van der Waals surface area contributed by atoms with Gasteiger partial charge in [-0.05, 0) is 44.9 Å². The molecule has 1 N–H and O–H groups in total. The van der Waals surface area contributed by atoms with Gasteiger partial charge in [0.25, 0.3) is 0 Å². The Morgan fingerprint density at radius 3 is 1.04 bits per heavy atom. The third kappa shape index (κ3) is 51.4. The second-order valence-corrected chi connectivity index (χ2v) is 23.2. The van der Waals surface area contributed by atoms with E-state index in [2.05, 4.69) is 20.8 Å². The van der Waals surface area contributed by atoms with Gasteiger partial charge >= 0.3 is 25.7 Å². The average Bonchev–Trinajstić information content (AvgIpc) is 3.31. The Bertz CT molecular complexity index is 1230. The first-order valence-corrected chi connectivity index (χ1v) is 31.3. The van der Waals surface area contributed by atoms with Gasteiger partial charge in [0, 0.05) is 19.3 Å². The van der Waals surface area contributed by atoms with Crippen LogP contribution >= 0.6 is 7.82 Å². The Morgan fingerprint density at radius 1 is 0.400 bits per heavy atom. The van der Waals surface area contributed by atoms with Crippen molar-refractivity contribution in [3.05, 3.63) is 0 Å². The van der Waals surface area contributed by atoms with Crippen molar-refractivity contribution in [3.8, 4) is 0 Å². The molecular weight excluding hydrogens is 902 g/mol. The van der Waals surface area contributed by atoms with Crippen molar-refractivity contribution < 1.29 is 51.6 Å². The third-order valence-electron chi connectivity index (χ3n) is 13.5. The van der Waals surface area contributed by atoms with Crippen molar-refractivity contribution >= 4 is 25.7 Å². The minimum Gasteiger partial charge on any atom is -0.462 e. The predicted octanol–water partition coefficient (Wildman–Crippen LogP) is 17.0. The Kier molecular flexibility index (Phi) is 48.6. The Hall–Kier alpha value is -1.52. The zero-order valence-electron chi connectivity index (χ0n) is 46.9. The second kappa shape index (κ2) is 49.7. The highest BCUT2D eigenvalue weighted by Crippen LogP contribution is 2.43. The molecule has 70 heavy (non-hydrogen) atoms. The lowest BCUT2D eigenvalue weighted by Gasteiger charge is -2.24. The van der Waals surface area contributed by atoms with Gasteiger partial charge in [-0.15, -0.1) is 0 Å². The van der Waals surface area contributed by atoms with Crippen molar-refractivity contribution in [2.45, 2.75) is 309 Å². The standard InChI is InChI=1S/C58H114NO10P/c1-7-10-13-16-19-21-23-25-27-29-32-37-42-47-56(60)65-52-55(53-67-70(63,64)66-51-50-59(4,5)6)69-58(62)49-44-39-34-36-41-46-54(45-40-35-31-18-15-12-9-3)68-57(61)48-43-38-33-30-28-26-24-22-20-17-14-11-8-2/h54-55H,7-53H2,1-6H3/p+1/t54?,55-/m1/s1. The maximum absolute atomic E-state index is 13.0. The van der Waals surface area contributed by atoms with Crippen molar-refractivity contribution in [2.24, 2.45) is 0 Å². The number of carbonyl (C=O) groups excluding carboxylic acids is 3. The number of nitrogens with zero attached hydrogens (tertiary/aromatic N) is 1. The number of quaternary nitrogens is 1. The lowest BCUT2D eigenvalue weighted by Crippen LogP contribution is -2.37. The number of phosphoric ester groups is 1. The summed E-state index contributed by atoms with van der Waals surface area (Å²) in [6.45, 7) is 6.59. The SMILES string of the molecule is CCCCCCCCCCCCCCCC(=O)OC[C@H](COP(=O)(O)OCC[N+](C)(C)C)OC(=O)CCCCCCCC(CCCCCCCCC)OC(=O)CCCCCCCCCCCCCCC. The minimum atomic E-state index is -4.42. The zero-order valence-corrected chi connectivity index (χ0v) is 47.8. The van der Waals surface area contributed by atoms with Gasteiger partial charge in [0.2, 0.25) is 0 Å². The molecular formula is C58H115NO10P+. The van der Waals surface area contributed by atoms with E-state index in [9.17, 15) is 23.8 Å². The van der Waals surface area contributed by atoms with Crippen LogP contribution in [0.1, 0.15) is 297 Å². The molecule has 0 amide bonds. The molecule has 0 saturated carbocycles. The van der Waals surface area contributed by atoms with Crippen LogP contribution in [0.2, 0.25) is 0 Å². The van der Waals surface area contributed by atoms with Gasteiger partial charge in [0.1, 0.15) is 25.9 Å². The van der Waals surface area contributed by atoms with E-state index in [0.29, 0.717) is 23.9 Å². The summed E-state index contributed by atoms with van der Waals surface area (Å²) in [5, 5.41) is 0. The molecule has 0 aliphatic carbocycles. The van der Waals surface area contributed by atoms with Gasteiger partial charge in [0.05, 0.1) is 27.7 Å². The predicted molar refractivity (Wildman–Crippen MR) is 291 cm³/mol. The monoisotopic (exact) mass is 1020 g/mol. The third-order valence-corrected chi connectivity index (χ3v) is 14.5. The summed E-state index contributed by atoms with van der Waals surface area (Å²) >= 11 is 0. The van der Waals surface area contributed by atoms with E-state index < -0.39 is 26.5 Å². The lowest BCUT2D eigenvalue weighted by atomic mass is 10.0. The Labute approximate surface area is 432 Å². The smallest absolute Gasteiger partial charge is 0.462 e. The summed E-state index contributed by atoms with van der Waals surface area (Å²) < 4.78 is 40.8. The molecule has 12 heteroatoms. The molecule has 0 aromatic carbocycles. The van der Waals surface area contributed by atoms with Crippen LogP contribution in [0.4, 0.5) is 0 Å². The van der Waals surface area contributed by atoms with Crippen molar-refractivity contribution in [1.29, 1.82) is 0 Å². The molecule has 0 aromatic rings. The molecule has 0 saturated heterocycles. The van der Waals surface area contributed by atoms with E-state index >= 15 is 0 Å². The van der Waals surface area contributed by atoms with E-state index in [4.69, 9.17) is 23.3 Å². The molecule has 2 unspecified atom stereocenters. The normalized spacial score (nSPS) is 13.5. The zero-order chi connectivity index (χ0) is 51.7. The highest BCUT2D eigenvalue weighted by Gasteiger charge is 2.27. The molecule has 0 bridgehead atoms. The van der Waals surface area contributed by atoms with E-state index in [-0.39, 0.29) is 44.1 Å². The fourth-order valence-electron chi connectivity index (χ4n) is 8.85.